The van der Waals surface area contributed by atoms with Crippen molar-refractivity contribution in [3.05, 3.63) is 45.9 Å². The Morgan fingerprint density at radius 2 is 2.29 bits per heavy atom. The van der Waals surface area contributed by atoms with Crippen LogP contribution in [-0.2, 0) is 18.3 Å². The highest BCUT2D eigenvalue weighted by Gasteiger charge is 2.17. The van der Waals surface area contributed by atoms with Crippen LogP contribution >= 0.6 is 15.9 Å². The number of benzene rings is 1. The number of rotatable bonds is 5. The number of carbonyl (C=O) groups excluding carboxylic acids is 1. The molecule has 1 aromatic carbocycles. The van der Waals surface area contributed by atoms with Crippen molar-refractivity contribution < 1.29 is 13.9 Å². The molecule has 1 N–H and O–H groups in total. The van der Waals surface area contributed by atoms with Gasteiger partial charge in [0.15, 0.2) is 0 Å². The number of aryl methyl sites for hydroxylation is 1. The van der Waals surface area contributed by atoms with E-state index in [2.05, 4.69) is 26.3 Å². The molecule has 0 atom stereocenters. The van der Waals surface area contributed by atoms with Gasteiger partial charge in [-0.3, -0.25) is 4.68 Å². The molecule has 0 bridgehead atoms. The Morgan fingerprint density at radius 3 is 3.00 bits per heavy atom. The molecule has 0 fully saturated rings. The first-order valence-electron chi connectivity index (χ1n) is 6.39. The number of aromatic nitrogens is 2. The van der Waals surface area contributed by atoms with Crippen LogP contribution in [0.25, 0.3) is 0 Å². The average Bonchev–Trinajstić information content (AvgIpc) is 2.81. The van der Waals surface area contributed by atoms with E-state index in [1.807, 2.05) is 0 Å². The van der Waals surface area contributed by atoms with Gasteiger partial charge in [-0.25, -0.2) is 9.18 Å². The largest absolute Gasteiger partial charge is 0.462 e. The molecule has 0 amide bonds. The molecule has 0 saturated heterocycles. The number of esters is 1. The number of ether oxygens (including phenoxy) is 1. The monoisotopic (exact) mass is 355 g/mol. The first kappa shape index (κ1) is 15.5. The minimum absolute atomic E-state index is 0.262. The van der Waals surface area contributed by atoms with Crippen molar-refractivity contribution in [1.82, 2.24) is 9.78 Å². The van der Waals surface area contributed by atoms with Crippen LogP contribution in [0.1, 0.15) is 23.0 Å². The van der Waals surface area contributed by atoms with Crippen molar-refractivity contribution in [2.75, 3.05) is 11.9 Å². The number of halogens is 2. The van der Waals surface area contributed by atoms with E-state index in [9.17, 15) is 9.18 Å². The molecule has 0 saturated carbocycles. The van der Waals surface area contributed by atoms with Crippen molar-refractivity contribution in [2.45, 2.75) is 13.5 Å². The van der Waals surface area contributed by atoms with Gasteiger partial charge in [0.1, 0.15) is 11.4 Å². The van der Waals surface area contributed by atoms with Crippen LogP contribution in [-0.4, -0.2) is 22.4 Å². The summed E-state index contributed by atoms with van der Waals surface area (Å²) < 4.78 is 21.0. The second-order valence-electron chi connectivity index (χ2n) is 4.33. The van der Waals surface area contributed by atoms with E-state index in [4.69, 9.17) is 4.74 Å². The van der Waals surface area contributed by atoms with Gasteiger partial charge in [0.2, 0.25) is 0 Å². The Balaban J connectivity index is 2.18. The third-order valence-electron chi connectivity index (χ3n) is 2.93. The number of carbonyl (C=O) groups is 1. The summed E-state index contributed by atoms with van der Waals surface area (Å²) in [7, 11) is 1.72. The summed E-state index contributed by atoms with van der Waals surface area (Å²) in [6.07, 6.45) is 1.45. The first-order valence-corrected chi connectivity index (χ1v) is 7.19. The average molecular weight is 356 g/mol. The molecule has 0 aliphatic carbocycles. The predicted molar refractivity (Wildman–Crippen MR) is 80.6 cm³/mol. The number of anilines is 1. The molecule has 5 nitrogen and oxygen atoms in total. The van der Waals surface area contributed by atoms with Crippen LogP contribution in [0, 0.1) is 5.82 Å². The molecule has 0 unspecified atom stereocenters. The van der Waals surface area contributed by atoms with Crippen LogP contribution in [0.3, 0.4) is 0 Å². The second kappa shape index (κ2) is 6.71. The fourth-order valence-corrected chi connectivity index (χ4v) is 2.22. The van der Waals surface area contributed by atoms with Gasteiger partial charge in [0.05, 0.1) is 30.7 Å². The number of nitrogens with one attached hydrogen (secondary N) is 1. The molecule has 0 radical (unpaired) electrons. The summed E-state index contributed by atoms with van der Waals surface area (Å²) in [6, 6.07) is 4.62. The highest BCUT2D eigenvalue weighted by Crippen LogP contribution is 2.21. The van der Waals surface area contributed by atoms with Gasteiger partial charge in [0.25, 0.3) is 0 Å². The number of nitrogens with zero attached hydrogens (tertiary/aromatic N) is 2. The predicted octanol–water partition coefficient (Wildman–Crippen LogP) is 3.11. The zero-order chi connectivity index (χ0) is 15.4. The maximum absolute atomic E-state index is 13.7. The lowest BCUT2D eigenvalue weighted by atomic mass is 10.2. The van der Waals surface area contributed by atoms with Gasteiger partial charge in [-0.15, -0.1) is 0 Å². The van der Waals surface area contributed by atoms with Crippen molar-refractivity contribution in [1.29, 1.82) is 0 Å². The van der Waals surface area contributed by atoms with E-state index in [1.54, 1.807) is 30.8 Å². The van der Waals surface area contributed by atoms with Crippen LogP contribution in [0.5, 0.6) is 0 Å². The van der Waals surface area contributed by atoms with Crippen LogP contribution in [0.4, 0.5) is 10.1 Å². The fourth-order valence-electron chi connectivity index (χ4n) is 1.86. The topological polar surface area (TPSA) is 56.1 Å². The lowest BCUT2D eigenvalue weighted by Crippen LogP contribution is -2.12. The van der Waals surface area contributed by atoms with E-state index in [1.165, 1.54) is 12.3 Å². The van der Waals surface area contributed by atoms with Crippen LogP contribution in [0.15, 0.2) is 28.9 Å². The molecular weight excluding hydrogens is 341 g/mol. The maximum Gasteiger partial charge on any atom is 0.341 e. The highest BCUT2D eigenvalue weighted by molar-refractivity contribution is 9.10. The molecular formula is C14H15BrFN3O2. The minimum Gasteiger partial charge on any atom is -0.462 e. The van der Waals surface area contributed by atoms with Gasteiger partial charge < -0.3 is 10.1 Å². The minimum atomic E-state index is -0.433. The van der Waals surface area contributed by atoms with Crippen molar-refractivity contribution in [3.8, 4) is 0 Å². The SMILES string of the molecule is CCOC(=O)c1cnn(C)c1CNc1cc(Br)ccc1F. The van der Waals surface area contributed by atoms with E-state index in [0.717, 1.165) is 4.47 Å². The Hall–Kier alpha value is -1.89. The lowest BCUT2D eigenvalue weighted by Gasteiger charge is -2.10. The van der Waals surface area contributed by atoms with E-state index >= 15 is 0 Å². The Labute approximate surface area is 130 Å². The zero-order valence-electron chi connectivity index (χ0n) is 11.7. The Bertz CT molecular complexity index is 658. The second-order valence-corrected chi connectivity index (χ2v) is 5.24. The van der Waals surface area contributed by atoms with Gasteiger partial charge in [-0.05, 0) is 25.1 Å². The van der Waals surface area contributed by atoms with Crippen molar-refractivity contribution >= 4 is 27.6 Å². The molecule has 2 aromatic rings. The summed E-state index contributed by atoms with van der Waals surface area (Å²) in [5.41, 5.74) is 1.36. The van der Waals surface area contributed by atoms with Crippen LogP contribution < -0.4 is 5.32 Å². The quantitative estimate of drug-likeness (QED) is 0.837. The molecule has 7 heteroatoms. The van der Waals surface area contributed by atoms with Gasteiger partial charge in [-0.1, -0.05) is 15.9 Å². The van der Waals surface area contributed by atoms with Gasteiger partial charge in [-0.2, -0.15) is 5.10 Å². The van der Waals surface area contributed by atoms with E-state index < -0.39 is 5.97 Å². The molecule has 1 heterocycles. The molecule has 0 aliphatic heterocycles. The van der Waals surface area contributed by atoms with E-state index in [0.29, 0.717) is 23.6 Å². The standard InChI is InChI=1S/C14H15BrFN3O2/c1-3-21-14(20)10-7-18-19(2)13(10)8-17-12-6-9(15)4-5-11(12)16/h4-7,17H,3,8H2,1-2H3. The summed E-state index contributed by atoms with van der Waals surface area (Å²) >= 11 is 3.29. The zero-order valence-corrected chi connectivity index (χ0v) is 13.3. The summed E-state index contributed by atoms with van der Waals surface area (Å²) in [5.74, 6) is -0.796. The Kier molecular flexibility index (Phi) is 4.95. The molecule has 2 rings (SSSR count). The molecule has 0 aliphatic rings. The van der Waals surface area contributed by atoms with Crippen LogP contribution in [0.2, 0.25) is 0 Å². The summed E-state index contributed by atoms with van der Waals surface area (Å²) in [5, 5.41) is 7.01. The first-order chi connectivity index (χ1) is 10.0. The molecule has 112 valence electrons. The fraction of sp³-hybridized carbons (Fsp3) is 0.286. The normalized spacial score (nSPS) is 10.5. The molecule has 0 spiro atoms. The van der Waals surface area contributed by atoms with Crippen molar-refractivity contribution in [3.63, 3.8) is 0 Å². The highest BCUT2D eigenvalue weighted by atomic mass is 79.9. The number of hydrogen-bond acceptors (Lipinski definition) is 4. The van der Waals surface area contributed by atoms with E-state index in [-0.39, 0.29) is 12.4 Å². The molecule has 1 aromatic heterocycles. The smallest absolute Gasteiger partial charge is 0.341 e. The molecule has 21 heavy (non-hydrogen) atoms. The summed E-state index contributed by atoms with van der Waals surface area (Å²) in [4.78, 5) is 11.8. The lowest BCUT2D eigenvalue weighted by molar-refractivity contribution is 0.0525. The Morgan fingerprint density at radius 1 is 1.52 bits per heavy atom. The van der Waals surface area contributed by atoms with Crippen molar-refractivity contribution in [2.24, 2.45) is 7.05 Å². The summed E-state index contributed by atoms with van der Waals surface area (Å²) in [6.45, 7) is 2.29. The van der Waals surface area contributed by atoms with Gasteiger partial charge in [0, 0.05) is 11.5 Å². The maximum atomic E-state index is 13.7. The third kappa shape index (κ3) is 3.60. The van der Waals surface area contributed by atoms with Gasteiger partial charge >= 0.3 is 5.97 Å². The third-order valence-corrected chi connectivity index (χ3v) is 3.42. The number of hydrogen-bond donors (Lipinski definition) is 1.